The minimum Gasteiger partial charge on any atom is -0.387 e. The molecule has 0 heterocycles. The summed E-state index contributed by atoms with van der Waals surface area (Å²) in [6, 6.07) is 0. The molecule has 0 saturated heterocycles. The lowest BCUT2D eigenvalue weighted by atomic mass is 9.85. The maximum absolute atomic E-state index is 5.71. The molecule has 1 aliphatic rings. The zero-order valence-electron chi connectivity index (χ0n) is 7.05. The van der Waals surface area contributed by atoms with Crippen molar-refractivity contribution >= 4 is 5.84 Å². The molecule has 0 spiro atoms. The number of methoxy groups -OCH3 is 1. The van der Waals surface area contributed by atoms with Crippen molar-refractivity contribution < 1.29 is 4.74 Å². The molecular weight excluding hydrogens is 140 g/mol. The molecule has 64 valence electrons. The minimum atomic E-state index is 0.576. The zero-order chi connectivity index (χ0) is 8.10. The van der Waals surface area contributed by atoms with E-state index < -0.39 is 0 Å². The van der Waals surface area contributed by atoms with Crippen LogP contribution in [0.15, 0.2) is 4.99 Å². The van der Waals surface area contributed by atoms with Gasteiger partial charge in [-0.1, -0.05) is 6.42 Å². The summed E-state index contributed by atoms with van der Waals surface area (Å²) >= 11 is 0. The number of hydrogen-bond donors (Lipinski definition) is 1. The first-order valence-corrected chi connectivity index (χ1v) is 4.13. The van der Waals surface area contributed by atoms with Gasteiger partial charge in [-0.3, -0.25) is 4.99 Å². The average molecular weight is 156 g/mol. The normalized spacial score (nSPS) is 19.9. The number of hydrogen-bond acceptors (Lipinski definition) is 2. The molecule has 0 atom stereocenters. The molecule has 3 nitrogen and oxygen atoms in total. The number of amidine groups is 1. The number of nitrogens with zero attached hydrogens (tertiary/aromatic N) is 1. The molecule has 0 aromatic carbocycles. The third kappa shape index (κ3) is 2.50. The van der Waals surface area contributed by atoms with Crippen molar-refractivity contribution in [1.29, 1.82) is 0 Å². The van der Waals surface area contributed by atoms with Crippen LogP contribution in [0.4, 0.5) is 0 Å². The van der Waals surface area contributed by atoms with Gasteiger partial charge >= 0.3 is 0 Å². The number of rotatable bonds is 4. The topological polar surface area (TPSA) is 47.6 Å². The van der Waals surface area contributed by atoms with Crippen LogP contribution in [-0.4, -0.2) is 26.1 Å². The minimum absolute atomic E-state index is 0.576. The Morgan fingerprint density at radius 2 is 2.36 bits per heavy atom. The quantitative estimate of drug-likeness (QED) is 0.371. The fourth-order valence-corrected chi connectivity index (χ4v) is 1.10. The molecule has 1 saturated carbocycles. The largest absolute Gasteiger partial charge is 0.387 e. The summed E-state index contributed by atoms with van der Waals surface area (Å²) in [5.74, 6) is 1.40. The standard InChI is InChI=1S/C8H16N2O/c1-11-6-5-10-8(9)7-3-2-4-7/h7H,2-6H2,1H3,(H2,9,10). The van der Waals surface area contributed by atoms with Crippen LogP contribution < -0.4 is 5.73 Å². The summed E-state index contributed by atoms with van der Waals surface area (Å²) in [4.78, 5) is 4.21. The number of ether oxygens (including phenoxy) is 1. The third-order valence-electron chi connectivity index (χ3n) is 2.11. The van der Waals surface area contributed by atoms with Crippen LogP contribution in [0.25, 0.3) is 0 Å². The predicted octanol–water partition coefficient (Wildman–Crippen LogP) is 0.790. The van der Waals surface area contributed by atoms with Gasteiger partial charge in [0.15, 0.2) is 0 Å². The van der Waals surface area contributed by atoms with Crippen molar-refractivity contribution in [1.82, 2.24) is 0 Å². The lowest BCUT2D eigenvalue weighted by molar-refractivity contribution is 0.207. The van der Waals surface area contributed by atoms with Gasteiger partial charge in [0.25, 0.3) is 0 Å². The molecule has 0 aliphatic heterocycles. The van der Waals surface area contributed by atoms with Gasteiger partial charge in [0.2, 0.25) is 0 Å². The van der Waals surface area contributed by atoms with E-state index in [9.17, 15) is 0 Å². The highest BCUT2D eigenvalue weighted by molar-refractivity contribution is 5.83. The Bertz CT molecular complexity index is 141. The maximum atomic E-state index is 5.71. The van der Waals surface area contributed by atoms with Gasteiger partial charge < -0.3 is 10.5 Å². The van der Waals surface area contributed by atoms with E-state index in [1.807, 2.05) is 0 Å². The average Bonchev–Trinajstić information content (AvgIpc) is 1.84. The fraction of sp³-hybridized carbons (Fsp3) is 0.875. The predicted molar refractivity (Wildman–Crippen MR) is 45.7 cm³/mol. The summed E-state index contributed by atoms with van der Waals surface area (Å²) in [6.07, 6.45) is 3.76. The zero-order valence-corrected chi connectivity index (χ0v) is 7.05. The van der Waals surface area contributed by atoms with Gasteiger partial charge in [0.05, 0.1) is 19.0 Å². The van der Waals surface area contributed by atoms with E-state index in [0.29, 0.717) is 19.1 Å². The molecule has 1 aliphatic carbocycles. The second-order valence-corrected chi connectivity index (χ2v) is 2.93. The maximum Gasteiger partial charge on any atom is 0.0969 e. The van der Waals surface area contributed by atoms with E-state index >= 15 is 0 Å². The molecule has 0 amide bonds. The first-order valence-electron chi connectivity index (χ1n) is 4.13. The number of nitrogens with two attached hydrogens (primary N) is 1. The first-order chi connectivity index (χ1) is 5.34. The van der Waals surface area contributed by atoms with Crippen LogP contribution >= 0.6 is 0 Å². The van der Waals surface area contributed by atoms with Crippen LogP contribution in [0, 0.1) is 5.92 Å². The molecular formula is C8H16N2O. The first kappa shape index (κ1) is 8.53. The fourth-order valence-electron chi connectivity index (χ4n) is 1.10. The summed E-state index contributed by atoms with van der Waals surface area (Å²) < 4.78 is 4.86. The second-order valence-electron chi connectivity index (χ2n) is 2.93. The second kappa shape index (κ2) is 4.34. The van der Waals surface area contributed by atoms with Crippen molar-refractivity contribution in [3.63, 3.8) is 0 Å². The van der Waals surface area contributed by atoms with E-state index in [0.717, 1.165) is 5.84 Å². The van der Waals surface area contributed by atoms with E-state index in [1.165, 1.54) is 19.3 Å². The van der Waals surface area contributed by atoms with Gasteiger partial charge in [-0.05, 0) is 12.8 Å². The summed E-state index contributed by atoms with van der Waals surface area (Å²) in [6.45, 7) is 1.38. The Morgan fingerprint density at radius 3 is 2.82 bits per heavy atom. The lowest BCUT2D eigenvalue weighted by Gasteiger charge is -2.24. The molecule has 2 N–H and O–H groups in total. The highest BCUT2D eigenvalue weighted by Gasteiger charge is 2.20. The van der Waals surface area contributed by atoms with Crippen LogP contribution in [0.5, 0.6) is 0 Å². The Morgan fingerprint density at radius 1 is 1.64 bits per heavy atom. The van der Waals surface area contributed by atoms with E-state index in [2.05, 4.69) is 4.99 Å². The summed E-state index contributed by atoms with van der Waals surface area (Å²) in [5, 5.41) is 0. The smallest absolute Gasteiger partial charge is 0.0969 e. The Balaban J connectivity index is 2.15. The molecule has 0 bridgehead atoms. The Hall–Kier alpha value is -0.570. The van der Waals surface area contributed by atoms with Crippen molar-refractivity contribution in [2.24, 2.45) is 16.6 Å². The van der Waals surface area contributed by atoms with E-state index in [4.69, 9.17) is 10.5 Å². The van der Waals surface area contributed by atoms with Crippen LogP contribution in [-0.2, 0) is 4.74 Å². The molecule has 0 radical (unpaired) electrons. The van der Waals surface area contributed by atoms with Gasteiger partial charge in [-0.15, -0.1) is 0 Å². The van der Waals surface area contributed by atoms with Crippen LogP contribution in [0.3, 0.4) is 0 Å². The van der Waals surface area contributed by atoms with Crippen molar-refractivity contribution in [3.05, 3.63) is 0 Å². The van der Waals surface area contributed by atoms with Gasteiger partial charge in [0.1, 0.15) is 0 Å². The number of aliphatic imine (C=N–C) groups is 1. The summed E-state index contributed by atoms with van der Waals surface area (Å²) in [7, 11) is 1.68. The SMILES string of the molecule is COCCN=C(N)C1CCC1. The van der Waals surface area contributed by atoms with E-state index in [1.54, 1.807) is 7.11 Å². The van der Waals surface area contributed by atoms with Crippen LogP contribution in [0.1, 0.15) is 19.3 Å². The van der Waals surface area contributed by atoms with Crippen molar-refractivity contribution in [3.8, 4) is 0 Å². The van der Waals surface area contributed by atoms with Gasteiger partial charge in [-0.25, -0.2) is 0 Å². The van der Waals surface area contributed by atoms with Crippen molar-refractivity contribution in [2.45, 2.75) is 19.3 Å². The molecule has 11 heavy (non-hydrogen) atoms. The molecule has 0 aromatic heterocycles. The lowest BCUT2D eigenvalue weighted by Crippen LogP contribution is -2.29. The highest BCUT2D eigenvalue weighted by atomic mass is 16.5. The molecule has 0 aromatic rings. The molecule has 3 heteroatoms. The molecule has 0 unspecified atom stereocenters. The third-order valence-corrected chi connectivity index (χ3v) is 2.11. The Labute approximate surface area is 67.6 Å². The summed E-state index contributed by atoms with van der Waals surface area (Å²) in [5.41, 5.74) is 5.71. The van der Waals surface area contributed by atoms with Gasteiger partial charge in [-0.2, -0.15) is 0 Å². The monoisotopic (exact) mass is 156 g/mol. The van der Waals surface area contributed by atoms with Gasteiger partial charge in [0, 0.05) is 13.0 Å². The molecule has 1 rings (SSSR count). The Kier molecular flexibility index (Phi) is 3.36. The van der Waals surface area contributed by atoms with E-state index in [-0.39, 0.29) is 0 Å². The molecule has 1 fully saturated rings. The highest BCUT2D eigenvalue weighted by Crippen LogP contribution is 2.25. The van der Waals surface area contributed by atoms with Crippen LogP contribution in [0.2, 0.25) is 0 Å². The van der Waals surface area contributed by atoms with Crippen molar-refractivity contribution in [2.75, 3.05) is 20.3 Å².